The SMILES string of the molecule is COc1cc(/C=N/NS(=O)(=O)c2ccc(C)cc2)ccc1OCc1ccc(F)cc1. The molecule has 0 saturated heterocycles. The Hall–Kier alpha value is -3.39. The number of hydrogen-bond donors (Lipinski definition) is 1. The first-order chi connectivity index (χ1) is 14.4. The molecule has 3 rings (SSSR count). The number of nitrogens with one attached hydrogen (secondary N) is 1. The van der Waals surface area contributed by atoms with Crippen LogP contribution in [0.3, 0.4) is 0 Å². The summed E-state index contributed by atoms with van der Waals surface area (Å²) in [5, 5.41) is 3.82. The molecule has 0 amide bonds. The standard InChI is InChI=1S/C22H21FN2O4S/c1-16-3-10-20(11-4-16)30(26,27)25-24-14-18-7-12-21(22(13-18)28-2)29-15-17-5-8-19(23)9-6-17/h3-14,25H,15H2,1-2H3/b24-14+. The highest BCUT2D eigenvalue weighted by Crippen LogP contribution is 2.28. The lowest BCUT2D eigenvalue weighted by molar-refractivity contribution is 0.284. The molecule has 0 saturated carbocycles. The molecule has 6 nitrogen and oxygen atoms in total. The van der Waals surface area contributed by atoms with Crippen molar-refractivity contribution in [3.63, 3.8) is 0 Å². The third kappa shape index (κ3) is 5.57. The van der Waals surface area contributed by atoms with Gasteiger partial charge in [-0.25, -0.2) is 9.22 Å². The molecule has 0 heterocycles. The maximum atomic E-state index is 13.0. The molecule has 156 valence electrons. The Bertz CT molecular complexity index is 1130. The minimum Gasteiger partial charge on any atom is -0.493 e. The molecule has 3 aromatic rings. The summed E-state index contributed by atoms with van der Waals surface area (Å²) in [6.07, 6.45) is 1.37. The summed E-state index contributed by atoms with van der Waals surface area (Å²) >= 11 is 0. The fraction of sp³-hybridized carbons (Fsp3) is 0.136. The van der Waals surface area contributed by atoms with E-state index in [2.05, 4.69) is 9.93 Å². The van der Waals surface area contributed by atoms with Gasteiger partial charge in [-0.05, 0) is 60.5 Å². The number of nitrogens with zero attached hydrogens (tertiary/aromatic N) is 1. The molecule has 1 N–H and O–H groups in total. The molecule has 0 aliphatic carbocycles. The van der Waals surface area contributed by atoms with Crippen molar-refractivity contribution in [2.45, 2.75) is 18.4 Å². The van der Waals surface area contributed by atoms with Gasteiger partial charge in [0.25, 0.3) is 10.0 Å². The number of methoxy groups -OCH3 is 1. The second kappa shape index (κ2) is 9.41. The first-order valence-corrected chi connectivity index (χ1v) is 10.5. The number of sulfonamides is 1. The summed E-state index contributed by atoms with van der Waals surface area (Å²) < 4.78 is 48.6. The molecular weight excluding hydrogens is 407 g/mol. The molecule has 3 aromatic carbocycles. The summed E-state index contributed by atoms with van der Waals surface area (Å²) in [5.41, 5.74) is 2.40. The molecule has 0 atom stereocenters. The van der Waals surface area contributed by atoms with E-state index in [1.165, 1.54) is 37.6 Å². The molecule has 0 unspecified atom stereocenters. The van der Waals surface area contributed by atoms with Crippen molar-refractivity contribution in [1.29, 1.82) is 0 Å². The van der Waals surface area contributed by atoms with Gasteiger partial charge in [0.05, 0.1) is 18.2 Å². The van der Waals surface area contributed by atoms with Crippen LogP contribution in [0, 0.1) is 12.7 Å². The number of hydrogen-bond acceptors (Lipinski definition) is 5. The molecule has 0 bridgehead atoms. The largest absolute Gasteiger partial charge is 0.493 e. The predicted molar refractivity (Wildman–Crippen MR) is 113 cm³/mol. The topological polar surface area (TPSA) is 77.0 Å². The van der Waals surface area contributed by atoms with Gasteiger partial charge in [0.2, 0.25) is 0 Å². The van der Waals surface area contributed by atoms with Crippen molar-refractivity contribution in [1.82, 2.24) is 4.83 Å². The normalized spacial score (nSPS) is 11.4. The number of benzene rings is 3. The summed E-state index contributed by atoms with van der Waals surface area (Å²) in [6, 6.07) is 17.6. The molecule has 0 spiro atoms. The quantitative estimate of drug-likeness (QED) is 0.434. The highest BCUT2D eigenvalue weighted by molar-refractivity contribution is 7.89. The summed E-state index contributed by atoms with van der Waals surface area (Å²) in [5.74, 6) is 0.652. The Balaban J connectivity index is 1.66. The van der Waals surface area contributed by atoms with E-state index in [4.69, 9.17) is 9.47 Å². The minimum absolute atomic E-state index is 0.132. The van der Waals surface area contributed by atoms with Crippen molar-refractivity contribution in [2.24, 2.45) is 5.10 Å². The molecule has 0 aliphatic heterocycles. The highest BCUT2D eigenvalue weighted by Gasteiger charge is 2.12. The molecule has 8 heteroatoms. The van der Waals surface area contributed by atoms with E-state index in [0.717, 1.165) is 11.1 Å². The van der Waals surface area contributed by atoms with Gasteiger partial charge in [0, 0.05) is 0 Å². The monoisotopic (exact) mass is 428 g/mol. The average Bonchev–Trinajstić information content (AvgIpc) is 2.74. The van der Waals surface area contributed by atoms with Gasteiger partial charge in [-0.15, -0.1) is 0 Å². The Morgan fingerprint density at radius 3 is 2.37 bits per heavy atom. The number of aryl methyl sites for hydroxylation is 1. The number of halogens is 1. The number of hydrazone groups is 1. The zero-order chi connectivity index (χ0) is 21.6. The van der Waals surface area contributed by atoms with Crippen LogP contribution in [0.1, 0.15) is 16.7 Å². The van der Waals surface area contributed by atoms with Crippen LogP contribution in [0.2, 0.25) is 0 Å². The van der Waals surface area contributed by atoms with Crippen LogP contribution in [0.4, 0.5) is 4.39 Å². The zero-order valence-corrected chi connectivity index (χ0v) is 17.3. The fourth-order valence-corrected chi connectivity index (χ4v) is 3.36. The van der Waals surface area contributed by atoms with E-state index < -0.39 is 10.0 Å². The predicted octanol–water partition coefficient (Wildman–Crippen LogP) is 4.03. The molecule has 0 fully saturated rings. The Morgan fingerprint density at radius 1 is 1.00 bits per heavy atom. The average molecular weight is 428 g/mol. The van der Waals surface area contributed by atoms with Crippen LogP contribution in [0.5, 0.6) is 11.5 Å². The van der Waals surface area contributed by atoms with Gasteiger partial charge in [-0.2, -0.15) is 13.5 Å². The number of rotatable bonds is 8. The maximum absolute atomic E-state index is 13.0. The van der Waals surface area contributed by atoms with Gasteiger partial charge in [-0.3, -0.25) is 0 Å². The van der Waals surface area contributed by atoms with Crippen LogP contribution >= 0.6 is 0 Å². The molecule has 30 heavy (non-hydrogen) atoms. The highest BCUT2D eigenvalue weighted by atomic mass is 32.2. The Morgan fingerprint density at radius 2 is 1.70 bits per heavy atom. The zero-order valence-electron chi connectivity index (χ0n) is 16.5. The van der Waals surface area contributed by atoms with E-state index in [-0.39, 0.29) is 17.3 Å². The lowest BCUT2D eigenvalue weighted by Crippen LogP contribution is -2.18. The van der Waals surface area contributed by atoms with Crippen LogP contribution in [-0.4, -0.2) is 21.7 Å². The van der Waals surface area contributed by atoms with E-state index in [9.17, 15) is 12.8 Å². The first kappa shape index (κ1) is 21.3. The van der Waals surface area contributed by atoms with Gasteiger partial charge in [0.1, 0.15) is 12.4 Å². The Labute approximate surface area is 175 Å². The second-order valence-electron chi connectivity index (χ2n) is 6.49. The van der Waals surface area contributed by atoms with Crippen LogP contribution < -0.4 is 14.3 Å². The van der Waals surface area contributed by atoms with Gasteiger partial charge in [0.15, 0.2) is 11.5 Å². The van der Waals surface area contributed by atoms with Crippen molar-refractivity contribution in [2.75, 3.05) is 7.11 Å². The Kier molecular flexibility index (Phi) is 6.68. The van der Waals surface area contributed by atoms with Gasteiger partial charge < -0.3 is 9.47 Å². The smallest absolute Gasteiger partial charge is 0.276 e. The molecule has 0 aromatic heterocycles. The maximum Gasteiger partial charge on any atom is 0.276 e. The van der Waals surface area contributed by atoms with Crippen LogP contribution in [-0.2, 0) is 16.6 Å². The molecule has 0 aliphatic rings. The molecular formula is C22H21FN2O4S. The lowest BCUT2D eigenvalue weighted by atomic mass is 10.2. The van der Waals surface area contributed by atoms with E-state index >= 15 is 0 Å². The van der Waals surface area contributed by atoms with Gasteiger partial charge >= 0.3 is 0 Å². The third-order valence-corrected chi connectivity index (χ3v) is 5.45. The second-order valence-corrected chi connectivity index (χ2v) is 8.15. The van der Waals surface area contributed by atoms with E-state index in [1.807, 2.05) is 6.92 Å². The first-order valence-electron chi connectivity index (χ1n) is 9.04. The minimum atomic E-state index is -3.74. The lowest BCUT2D eigenvalue weighted by Gasteiger charge is -2.11. The third-order valence-electron chi connectivity index (χ3n) is 4.21. The van der Waals surface area contributed by atoms with Crippen molar-refractivity contribution in [3.05, 3.63) is 89.2 Å². The van der Waals surface area contributed by atoms with Crippen LogP contribution in [0.15, 0.2) is 76.7 Å². The van der Waals surface area contributed by atoms with Crippen molar-refractivity contribution >= 4 is 16.2 Å². The summed E-state index contributed by atoms with van der Waals surface area (Å²) in [4.78, 5) is 2.32. The van der Waals surface area contributed by atoms with Crippen molar-refractivity contribution in [3.8, 4) is 11.5 Å². The number of ether oxygens (including phenoxy) is 2. The van der Waals surface area contributed by atoms with E-state index in [1.54, 1.807) is 42.5 Å². The molecule has 0 radical (unpaired) electrons. The summed E-state index contributed by atoms with van der Waals surface area (Å²) in [7, 11) is -2.24. The van der Waals surface area contributed by atoms with Crippen LogP contribution in [0.25, 0.3) is 0 Å². The van der Waals surface area contributed by atoms with Gasteiger partial charge in [-0.1, -0.05) is 29.8 Å². The summed E-state index contributed by atoms with van der Waals surface area (Å²) in [6.45, 7) is 2.13. The fourth-order valence-electron chi connectivity index (χ4n) is 2.57. The van der Waals surface area contributed by atoms with Crippen molar-refractivity contribution < 1.29 is 22.3 Å². The van der Waals surface area contributed by atoms with E-state index in [0.29, 0.717) is 17.1 Å².